The zero-order valence-electron chi connectivity index (χ0n) is 15.8. The average molecular weight is 377 g/mol. The van der Waals surface area contributed by atoms with Crippen LogP contribution in [0.5, 0.6) is 0 Å². The van der Waals surface area contributed by atoms with Crippen molar-refractivity contribution in [3.05, 3.63) is 36.0 Å². The quantitative estimate of drug-likeness (QED) is 0.505. The number of anilines is 2. The van der Waals surface area contributed by atoms with Crippen LogP contribution in [0.25, 0.3) is 27.7 Å². The summed E-state index contributed by atoms with van der Waals surface area (Å²) in [5.41, 5.74) is 10.7. The van der Waals surface area contributed by atoms with Gasteiger partial charge in [0.15, 0.2) is 5.65 Å². The Kier molecular flexibility index (Phi) is 4.12. The van der Waals surface area contributed by atoms with Crippen molar-refractivity contribution < 1.29 is 4.74 Å². The number of fused-ring (bicyclic) bond motifs is 2. The van der Waals surface area contributed by atoms with Crippen LogP contribution in [0.1, 0.15) is 18.5 Å². The Hall–Kier alpha value is -3.13. The maximum Gasteiger partial charge on any atom is 0.240 e. The second-order valence-corrected chi connectivity index (χ2v) is 7.35. The van der Waals surface area contributed by atoms with Gasteiger partial charge < -0.3 is 15.8 Å². The first-order chi connectivity index (χ1) is 13.7. The van der Waals surface area contributed by atoms with Crippen molar-refractivity contribution in [1.29, 1.82) is 0 Å². The number of nitrogen functional groups attached to an aromatic ring is 1. The predicted molar refractivity (Wildman–Crippen MR) is 109 cm³/mol. The zero-order chi connectivity index (χ0) is 19.1. The second kappa shape index (κ2) is 6.79. The molecule has 5 rings (SSSR count). The van der Waals surface area contributed by atoms with E-state index in [0.717, 1.165) is 71.8 Å². The van der Waals surface area contributed by atoms with Gasteiger partial charge in [-0.25, -0.2) is 0 Å². The third kappa shape index (κ3) is 2.95. The number of aromatic amines is 1. The summed E-state index contributed by atoms with van der Waals surface area (Å²) in [6, 6.07) is 10.3. The van der Waals surface area contributed by atoms with Crippen LogP contribution in [-0.2, 0) is 4.74 Å². The highest BCUT2D eigenvalue weighted by molar-refractivity contribution is 5.88. The van der Waals surface area contributed by atoms with Crippen LogP contribution in [0.4, 0.5) is 11.8 Å². The number of aromatic nitrogens is 5. The van der Waals surface area contributed by atoms with Gasteiger partial charge in [0.25, 0.3) is 0 Å². The van der Waals surface area contributed by atoms with E-state index in [1.54, 1.807) is 4.52 Å². The molecule has 4 heterocycles. The van der Waals surface area contributed by atoms with Crippen molar-refractivity contribution in [2.75, 3.05) is 30.8 Å². The van der Waals surface area contributed by atoms with E-state index in [-0.39, 0.29) is 5.95 Å². The van der Waals surface area contributed by atoms with Gasteiger partial charge in [-0.2, -0.15) is 14.6 Å². The maximum atomic E-state index is 5.86. The van der Waals surface area contributed by atoms with Gasteiger partial charge in [0.2, 0.25) is 5.95 Å². The summed E-state index contributed by atoms with van der Waals surface area (Å²) in [6.45, 7) is 4.54. The molecule has 1 aliphatic heterocycles. The van der Waals surface area contributed by atoms with Crippen molar-refractivity contribution in [2.45, 2.75) is 19.8 Å². The monoisotopic (exact) mass is 377 g/mol. The van der Waals surface area contributed by atoms with Gasteiger partial charge in [-0.3, -0.25) is 5.10 Å². The minimum absolute atomic E-state index is 0.268. The van der Waals surface area contributed by atoms with Crippen molar-refractivity contribution in [2.24, 2.45) is 5.92 Å². The Morgan fingerprint density at radius 2 is 2.11 bits per heavy atom. The van der Waals surface area contributed by atoms with Crippen LogP contribution in [0.2, 0.25) is 0 Å². The zero-order valence-corrected chi connectivity index (χ0v) is 15.8. The number of hydrogen-bond donors (Lipinski definition) is 3. The van der Waals surface area contributed by atoms with E-state index in [1.165, 1.54) is 0 Å². The molecule has 0 aliphatic carbocycles. The molecule has 0 spiro atoms. The van der Waals surface area contributed by atoms with E-state index in [4.69, 9.17) is 10.5 Å². The lowest BCUT2D eigenvalue weighted by molar-refractivity contribution is 0.0699. The molecule has 28 heavy (non-hydrogen) atoms. The van der Waals surface area contributed by atoms with Crippen molar-refractivity contribution in [3.63, 3.8) is 0 Å². The molecule has 0 amide bonds. The van der Waals surface area contributed by atoms with Gasteiger partial charge in [-0.15, -0.1) is 5.10 Å². The number of nitrogens with two attached hydrogens (primary N) is 1. The molecule has 1 fully saturated rings. The summed E-state index contributed by atoms with van der Waals surface area (Å²) in [6.07, 6.45) is 2.13. The Labute approximate surface area is 162 Å². The number of pyridine rings is 1. The lowest BCUT2D eigenvalue weighted by Crippen LogP contribution is -2.23. The highest BCUT2D eigenvalue weighted by Crippen LogP contribution is 2.32. The van der Waals surface area contributed by atoms with E-state index in [0.29, 0.717) is 5.92 Å². The van der Waals surface area contributed by atoms with E-state index < -0.39 is 0 Å². The van der Waals surface area contributed by atoms with E-state index in [2.05, 4.69) is 49.9 Å². The van der Waals surface area contributed by atoms with Crippen LogP contribution in [0, 0.1) is 12.8 Å². The molecule has 4 aromatic rings. The normalized spacial score (nSPS) is 15.5. The van der Waals surface area contributed by atoms with Crippen LogP contribution < -0.4 is 11.1 Å². The molecule has 0 atom stereocenters. The molecule has 1 aromatic carbocycles. The summed E-state index contributed by atoms with van der Waals surface area (Å²) >= 11 is 0. The Balaban J connectivity index is 1.57. The van der Waals surface area contributed by atoms with Crippen LogP contribution in [0.3, 0.4) is 0 Å². The fraction of sp³-hybridized carbons (Fsp3) is 0.350. The lowest BCUT2D eigenvalue weighted by atomic mass is 10.00. The third-order valence-electron chi connectivity index (χ3n) is 5.47. The molecule has 1 aliphatic rings. The summed E-state index contributed by atoms with van der Waals surface area (Å²) in [7, 11) is 0. The summed E-state index contributed by atoms with van der Waals surface area (Å²) in [4.78, 5) is 4.31. The fourth-order valence-electron chi connectivity index (χ4n) is 3.87. The predicted octanol–water partition coefficient (Wildman–Crippen LogP) is 3.00. The molecule has 1 saturated heterocycles. The number of aryl methyl sites for hydroxylation is 1. The summed E-state index contributed by atoms with van der Waals surface area (Å²) in [5, 5.41) is 16.6. The van der Waals surface area contributed by atoms with Crippen molar-refractivity contribution >= 4 is 28.3 Å². The molecule has 0 saturated carbocycles. The Bertz CT molecular complexity index is 1140. The van der Waals surface area contributed by atoms with Gasteiger partial charge in [0, 0.05) is 36.4 Å². The molecule has 0 unspecified atom stereocenters. The number of H-pyrrole nitrogens is 1. The topological polar surface area (TPSA) is 106 Å². The van der Waals surface area contributed by atoms with Gasteiger partial charge >= 0.3 is 0 Å². The van der Waals surface area contributed by atoms with Gasteiger partial charge in [0.1, 0.15) is 5.82 Å². The molecule has 3 aromatic heterocycles. The lowest BCUT2D eigenvalue weighted by Gasteiger charge is -2.23. The number of rotatable bonds is 4. The first kappa shape index (κ1) is 17.0. The molecular formula is C20H23N7O. The largest absolute Gasteiger partial charge is 0.381 e. The van der Waals surface area contributed by atoms with E-state index in [9.17, 15) is 0 Å². The Morgan fingerprint density at radius 3 is 2.96 bits per heavy atom. The molecule has 8 heteroatoms. The number of benzene rings is 1. The standard InChI is InChI=1S/C20H23N7O/c1-12-15-3-2-14(10-17(15)25-24-12)16-4-5-18-23-20(21)26-27(18)19(16)22-11-13-6-8-28-9-7-13/h2-5,10,13,22H,6-9,11H2,1H3,(H2,21,26)(H,24,25). The number of nitrogens with one attached hydrogen (secondary N) is 2. The Morgan fingerprint density at radius 1 is 1.25 bits per heavy atom. The second-order valence-electron chi connectivity index (χ2n) is 7.35. The minimum atomic E-state index is 0.268. The molecule has 8 nitrogen and oxygen atoms in total. The third-order valence-corrected chi connectivity index (χ3v) is 5.47. The highest BCUT2D eigenvalue weighted by Gasteiger charge is 2.17. The van der Waals surface area contributed by atoms with Crippen molar-refractivity contribution in [1.82, 2.24) is 24.8 Å². The molecule has 0 bridgehead atoms. The molecular weight excluding hydrogens is 354 g/mol. The fourth-order valence-corrected chi connectivity index (χ4v) is 3.87. The number of ether oxygens (including phenoxy) is 1. The number of hydrogen-bond acceptors (Lipinski definition) is 6. The highest BCUT2D eigenvalue weighted by atomic mass is 16.5. The van der Waals surface area contributed by atoms with Gasteiger partial charge in [-0.1, -0.05) is 12.1 Å². The smallest absolute Gasteiger partial charge is 0.240 e. The van der Waals surface area contributed by atoms with Crippen LogP contribution >= 0.6 is 0 Å². The minimum Gasteiger partial charge on any atom is -0.381 e. The van der Waals surface area contributed by atoms with E-state index in [1.807, 2.05) is 13.0 Å². The summed E-state index contributed by atoms with van der Waals surface area (Å²) < 4.78 is 7.28. The van der Waals surface area contributed by atoms with Gasteiger partial charge in [0.05, 0.1) is 5.52 Å². The van der Waals surface area contributed by atoms with Crippen molar-refractivity contribution in [3.8, 4) is 11.1 Å². The van der Waals surface area contributed by atoms with Crippen LogP contribution in [-0.4, -0.2) is 44.6 Å². The maximum absolute atomic E-state index is 5.86. The first-order valence-electron chi connectivity index (χ1n) is 9.61. The number of nitrogens with zero attached hydrogens (tertiary/aromatic N) is 4. The average Bonchev–Trinajstić information content (AvgIpc) is 3.28. The first-order valence-corrected chi connectivity index (χ1v) is 9.61. The van der Waals surface area contributed by atoms with Gasteiger partial charge in [-0.05, 0) is 49.4 Å². The van der Waals surface area contributed by atoms with Crippen LogP contribution in [0.15, 0.2) is 30.3 Å². The molecule has 4 N–H and O–H groups in total. The SMILES string of the molecule is Cc1[nH]nc2cc(-c3ccc4nc(N)nn4c3NCC3CCOCC3)ccc12. The molecule has 0 radical (unpaired) electrons. The van der Waals surface area contributed by atoms with E-state index >= 15 is 0 Å². The summed E-state index contributed by atoms with van der Waals surface area (Å²) in [5.74, 6) is 1.75. The molecule has 144 valence electrons.